The number of hydrogen-bond acceptors (Lipinski definition) is 1. The van der Waals surface area contributed by atoms with E-state index in [1.165, 1.54) is 5.56 Å². The Labute approximate surface area is 134 Å². The van der Waals surface area contributed by atoms with Crippen molar-refractivity contribution in [2.45, 2.75) is 12.8 Å². The van der Waals surface area contributed by atoms with Crippen molar-refractivity contribution in [2.75, 3.05) is 6.54 Å². The van der Waals surface area contributed by atoms with Crippen LogP contribution in [-0.2, 0) is 12.8 Å². The van der Waals surface area contributed by atoms with Gasteiger partial charge >= 0.3 is 0 Å². The largest absolute Gasteiger partial charge is 0.330 e. The van der Waals surface area contributed by atoms with Crippen molar-refractivity contribution in [3.8, 4) is 0 Å². The lowest BCUT2D eigenvalue weighted by Gasteiger charge is -2.15. The summed E-state index contributed by atoms with van der Waals surface area (Å²) in [5, 5.41) is 1.92. The van der Waals surface area contributed by atoms with E-state index in [0.29, 0.717) is 22.5 Å². The molecule has 0 aliphatic rings. The zero-order chi connectivity index (χ0) is 14.5. The lowest BCUT2D eigenvalue weighted by atomic mass is 9.93. The quantitative estimate of drug-likeness (QED) is 0.820. The molecule has 2 aromatic carbocycles. The average Bonchev–Trinajstić information content (AvgIpc) is 2.44. The van der Waals surface area contributed by atoms with Gasteiger partial charge in [-0.05, 0) is 60.7 Å². The molecule has 0 amide bonds. The van der Waals surface area contributed by atoms with Crippen molar-refractivity contribution < 1.29 is 0 Å². The van der Waals surface area contributed by atoms with Crippen LogP contribution in [0.3, 0.4) is 0 Å². The molecule has 0 aliphatic carbocycles. The number of nitrogens with two attached hydrogens (primary N) is 1. The molecular weight excluding hydrogens is 313 g/mol. The fraction of sp³-hybridized carbons (Fsp3) is 0.250. The van der Waals surface area contributed by atoms with Gasteiger partial charge in [0.25, 0.3) is 0 Å². The standard InChI is InChI=1S/C16H16Cl3N/c17-14-4-1-11(2-5-14)7-13(10-20)8-12-3-6-15(18)16(19)9-12/h1-6,9,13H,7-8,10,20H2. The number of benzene rings is 2. The van der Waals surface area contributed by atoms with Crippen molar-refractivity contribution >= 4 is 34.8 Å². The van der Waals surface area contributed by atoms with E-state index in [0.717, 1.165) is 23.4 Å². The van der Waals surface area contributed by atoms with Gasteiger partial charge < -0.3 is 5.73 Å². The van der Waals surface area contributed by atoms with E-state index in [9.17, 15) is 0 Å². The summed E-state index contributed by atoms with van der Waals surface area (Å²) < 4.78 is 0. The maximum absolute atomic E-state index is 6.04. The Morgan fingerprint density at radius 3 is 2.00 bits per heavy atom. The van der Waals surface area contributed by atoms with Crippen LogP contribution in [0.25, 0.3) is 0 Å². The molecule has 0 heterocycles. The summed E-state index contributed by atoms with van der Waals surface area (Å²) in [6, 6.07) is 13.6. The molecular formula is C16H16Cl3N. The molecule has 20 heavy (non-hydrogen) atoms. The lowest BCUT2D eigenvalue weighted by molar-refractivity contribution is 0.533. The van der Waals surface area contributed by atoms with Gasteiger partial charge in [-0.1, -0.05) is 53.0 Å². The zero-order valence-corrected chi connectivity index (χ0v) is 13.2. The predicted molar refractivity (Wildman–Crippen MR) is 87.9 cm³/mol. The van der Waals surface area contributed by atoms with E-state index < -0.39 is 0 Å². The van der Waals surface area contributed by atoms with Crippen LogP contribution >= 0.6 is 34.8 Å². The van der Waals surface area contributed by atoms with Gasteiger partial charge in [-0.25, -0.2) is 0 Å². The minimum absolute atomic E-state index is 0.369. The first-order chi connectivity index (χ1) is 9.58. The van der Waals surface area contributed by atoms with E-state index in [2.05, 4.69) is 0 Å². The summed E-state index contributed by atoms with van der Waals surface area (Å²) in [6.45, 7) is 0.628. The lowest BCUT2D eigenvalue weighted by Crippen LogP contribution is -2.19. The highest BCUT2D eigenvalue weighted by molar-refractivity contribution is 6.42. The van der Waals surface area contributed by atoms with Crippen LogP contribution in [0, 0.1) is 5.92 Å². The van der Waals surface area contributed by atoms with Gasteiger partial charge in [0.1, 0.15) is 0 Å². The van der Waals surface area contributed by atoms with Crippen LogP contribution in [0.1, 0.15) is 11.1 Å². The molecule has 4 heteroatoms. The molecule has 2 N–H and O–H groups in total. The monoisotopic (exact) mass is 327 g/mol. The highest BCUT2D eigenvalue weighted by Crippen LogP contribution is 2.24. The van der Waals surface area contributed by atoms with Gasteiger partial charge in [0.2, 0.25) is 0 Å². The zero-order valence-electron chi connectivity index (χ0n) is 11.0. The van der Waals surface area contributed by atoms with Crippen LogP contribution in [0.4, 0.5) is 0 Å². The highest BCUT2D eigenvalue weighted by atomic mass is 35.5. The van der Waals surface area contributed by atoms with Gasteiger partial charge in [-0.15, -0.1) is 0 Å². The second kappa shape index (κ2) is 7.33. The average molecular weight is 329 g/mol. The molecule has 2 rings (SSSR count). The van der Waals surface area contributed by atoms with Gasteiger partial charge in [-0.2, -0.15) is 0 Å². The molecule has 0 aromatic heterocycles. The second-order valence-electron chi connectivity index (χ2n) is 4.88. The van der Waals surface area contributed by atoms with Crippen molar-refractivity contribution in [1.82, 2.24) is 0 Å². The Bertz CT molecular complexity index is 566. The normalized spacial score (nSPS) is 12.4. The molecule has 0 fully saturated rings. The summed E-state index contributed by atoms with van der Waals surface area (Å²) in [5.41, 5.74) is 8.28. The Morgan fingerprint density at radius 2 is 1.40 bits per heavy atom. The van der Waals surface area contributed by atoms with Crippen molar-refractivity contribution in [1.29, 1.82) is 0 Å². The summed E-state index contributed by atoms with van der Waals surface area (Å²) >= 11 is 17.9. The Morgan fingerprint density at radius 1 is 0.800 bits per heavy atom. The molecule has 0 bridgehead atoms. The molecule has 1 unspecified atom stereocenters. The fourth-order valence-electron chi connectivity index (χ4n) is 2.19. The maximum atomic E-state index is 6.04. The molecule has 0 aliphatic heterocycles. The van der Waals surface area contributed by atoms with E-state index in [4.69, 9.17) is 40.5 Å². The molecule has 0 spiro atoms. The third-order valence-corrected chi connectivity index (χ3v) is 4.27. The van der Waals surface area contributed by atoms with Crippen molar-refractivity contribution in [2.24, 2.45) is 11.7 Å². The molecule has 0 radical (unpaired) electrons. The second-order valence-corrected chi connectivity index (χ2v) is 6.14. The number of hydrogen-bond donors (Lipinski definition) is 1. The Kier molecular flexibility index (Phi) is 5.74. The van der Waals surface area contributed by atoms with Crippen molar-refractivity contribution in [3.05, 3.63) is 68.7 Å². The molecule has 2 aromatic rings. The van der Waals surface area contributed by atoms with E-state index in [-0.39, 0.29) is 0 Å². The van der Waals surface area contributed by atoms with Crippen LogP contribution in [0.5, 0.6) is 0 Å². The third kappa shape index (κ3) is 4.39. The number of halogens is 3. The van der Waals surface area contributed by atoms with E-state index >= 15 is 0 Å². The van der Waals surface area contributed by atoms with Gasteiger partial charge in [0.15, 0.2) is 0 Å². The third-order valence-electron chi connectivity index (χ3n) is 3.28. The van der Waals surface area contributed by atoms with Crippen molar-refractivity contribution in [3.63, 3.8) is 0 Å². The summed E-state index contributed by atoms with van der Waals surface area (Å²) in [7, 11) is 0. The smallest absolute Gasteiger partial charge is 0.0595 e. The Hall–Kier alpha value is -0.730. The number of rotatable bonds is 5. The first kappa shape index (κ1) is 15.7. The molecule has 0 saturated heterocycles. The molecule has 106 valence electrons. The van der Waals surface area contributed by atoms with E-state index in [1.807, 2.05) is 42.5 Å². The maximum Gasteiger partial charge on any atom is 0.0595 e. The van der Waals surface area contributed by atoms with Gasteiger partial charge in [0.05, 0.1) is 10.0 Å². The van der Waals surface area contributed by atoms with E-state index in [1.54, 1.807) is 0 Å². The van der Waals surface area contributed by atoms with Crippen LogP contribution in [-0.4, -0.2) is 6.54 Å². The highest BCUT2D eigenvalue weighted by Gasteiger charge is 2.10. The summed E-state index contributed by atoms with van der Waals surface area (Å²) in [4.78, 5) is 0. The minimum atomic E-state index is 0.369. The van der Waals surface area contributed by atoms with Crippen LogP contribution in [0.2, 0.25) is 15.1 Å². The molecule has 1 atom stereocenters. The first-order valence-corrected chi connectivity index (χ1v) is 7.60. The first-order valence-electron chi connectivity index (χ1n) is 6.47. The summed E-state index contributed by atoms with van der Waals surface area (Å²) in [6.07, 6.45) is 1.81. The summed E-state index contributed by atoms with van der Waals surface area (Å²) in [5.74, 6) is 0.369. The topological polar surface area (TPSA) is 26.0 Å². The predicted octanol–water partition coefficient (Wildman–Crippen LogP) is 5.01. The SMILES string of the molecule is NCC(Cc1ccc(Cl)cc1)Cc1ccc(Cl)c(Cl)c1. The van der Waals surface area contributed by atoms with Gasteiger partial charge in [0, 0.05) is 5.02 Å². The van der Waals surface area contributed by atoms with Crippen LogP contribution in [0.15, 0.2) is 42.5 Å². The minimum Gasteiger partial charge on any atom is -0.330 e. The van der Waals surface area contributed by atoms with Gasteiger partial charge in [-0.3, -0.25) is 0 Å². The van der Waals surface area contributed by atoms with Crippen LogP contribution < -0.4 is 5.73 Å². The molecule has 1 nitrogen and oxygen atoms in total. The Balaban J connectivity index is 2.04. The fourth-order valence-corrected chi connectivity index (χ4v) is 2.64. The molecule has 0 saturated carbocycles.